The summed E-state index contributed by atoms with van der Waals surface area (Å²) in [6, 6.07) is 5.64. The van der Waals surface area contributed by atoms with Crippen LogP contribution in [0.1, 0.15) is 52.5 Å². The third-order valence-electron chi connectivity index (χ3n) is 4.46. The average Bonchev–Trinajstić information content (AvgIpc) is 3.30. The number of hydrogen-bond acceptors (Lipinski definition) is 6. The largest absolute Gasteiger partial charge is 0.478 e. The van der Waals surface area contributed by atoms with E-state index in [0.29, 0.717) is 37.0 Å². The Morgan fingerprint density at radius 3 is 2.75 bits per heavy atom. The molecule has 2 unspecified atom stereocenters. The summed E-state index contributed by atoms with van der Waals surface area (Å²) in [4.78, 5) is 18.0. The number of nitrogens with zero attached hydrogens (tertiary/aromatic N) is 1. The van der Waals surface area contributed by atoms with Crippen molar-refractivity contribution in [2.75, 3.05) is 13.2 Å². The molecule has 28 heavy (non-hydrogen) atoms. The molecule has 0 spiro atoms. The van der Waals surface area contributed by atoms with Gasteiger partial charge in [-0.1, -0.05) is 33.9 Å². The highest BCUT2D eigenvalue weighted by atomic mass is 79.9. The first-order chi connectivity index (χ1) is 13.3. The van der Waals surface area contributed by atoms with Crippen LogP contribution in [0.25, 0.3) is 0 Å². The van der Waals surface area contributed by atoms with Crippen LogP contribution in [-0.2, 0) is 19.1 Å². The number of carbonyl (C=O) groups is 1. The van der Waals surface area contributed by atoms with Crippen molar-refractivity contribution in [3.63, 3.8) is 0 Å². The summed E-state index contributed by atoms with van der Waals surface area (Å²) in [5.41, 5.74) is 0.871. The summed E-state index contributed by atoms with van der Waals surface area (Å²) in [7, 11) is 0. The Bertz CT molecular complexity index is 739. The van der Waals surface area contributed by atoms with Crippen LogP contribution in [0.5, 0.6) is 5.75 Å². The van der Waals surface area contributed by atoms with E-state index in [-0.39, 0.29) is 12.1 Å². The molecule has 0 saturated heterocycles. The molecule has 3 rings (SSSR count). The predicted molar refractivity (Wildman–Crippen MR) is 110 cm³/mol. The number of hydrogen-bond donors (Lipinski definition) is 0. The van der Waals surface area contributed by atoms with E-state index in [4.69, 9.17) is 19.0 Å². The molecule has 2 atom stereocenters. The minimum atomic E-state index is -0.653. The number of esters is 1. The van der Waals surface area contributed by atoms with Gasteiger partial charge in [0.05, 0.1) is 0 Å². The van der Waals surface area contributed by atoms with E-state index < -0.39 is 11.7 Å². The number of oxime groups is 1. The first kappa shape index (κ1) is 21.1. The molecule has 0 bridgehead atoms. The maximum Gasteiger partial charge on any atom is 0.347 e. The van der Waals surface area contributed by atoms with Crippen molar-refractivity contribution in [1.29, 1.82) is 0 Å². The zero-order chi connectivity index (χ0) is 20.3. The normalized spacial score (nSPS) is 20.3. The van der Waals surface area contributed by atoms with Crippen LogP contribution in [0.2, 0.25) is 0 Å². The molecule has 0 aromatic heterocycles. The molecule has 0 amide bonds. The third-order valence-corrected chi connectivity index (χ3v) is 4.96. The van der Waals surface area contributed by atoms with E-state index in [9.17, 15) is 4.79 Å². The Morgan fingerprint density at radius 1 is 1.36 bits per heavy atom. The summed E-state index contributed by atoms with van der Waals surface area (Å²) in [6.45, 7) is 8.44. The van der Waals surface area contributed by atoms with Crippen molar-refractivity contribution >= 4 is 27.6 Å². The van der Waals surface area contributed by atoms with Gasteiger partial charge >= 0.3 is 5.97 Å². The molecule has 1 fully saturated rings. The van der Waals surface area contributed by atoms with Crippen LogP contribution >= 0.6 is 15.9 Å². The molecular weight excluding hydrogens is 426 g/mol. The summed E-state index contributed by atoms with van der Waals surface area (Å²) in [6.07, 6.45) is 2.00. The van der Waals surface area contributed by atoms with Crippen molar-refractivity contribution in [2.45, 2.75) is 64.8 Å². The van der Waals surface area contributed by atoms with E-state index >= 15 is 0 Å². The van der Waals surface area contributed by atoms with Crippen LogP contribution in [0.3, 0.4) is 0 Å². The van der Waals surface area contributed by atoms with Crippen LogP contribution in [-0.4, -0.2) is 42.7 Å². The molecule has 7 heteroatoms. The fourth-order valence-corrected chi connectivity index (χ4v) is 3.40. The monoisotopic (exact) mass is 453 g/mol. The molecule has 1 saturated carbocycles. The maximum atomic E-state index is 12.8. The number of ether oxygens (including phenoxy) is 3. The van der Waals surface area contributed by atoms with Gasteiger partial charge in [-0.25, -0.2) is 4.79 Å². The Kier molecular flexibility index (Phi) is 6.65. The van der Waals surface area contributed by atoms with Crippen LogP contribution in [0, 0.1) is 5.92 Å². The molecular formula is C21H28BrNO5. The lowest BCUT2D eigenvalue weighted by atomic mass is 10.0. The second-order valence-electron chi connectivity index (χ2n) is 8.18. The number of benzene rings is 1. The topological polar surface area (TPSA) is 66.3 Å². The van der Waals surface area contributed by atoms with E-state index in [0.717, 1.165) is 22.9 Å². The summed E-state index contributed by atoms with van der Waals surface area (Å²) in [5.74, 6) is 0.757. The Morgan fingerprint density at radius 2 is 2.11 bits per heavy atom. The van der Waals surface area contributed by atoms with E-state index in [1.807, 2.05) is 45.9 Å². The van der Waals surface area contributed by atoms with Crippen molar-refractivity contribution < 1.29 is 23.8 Å². The summed E-state index contributed by atoms with van der Waals surface area (Å²) < 4.78 is 18.4. The second-order valence-corrected chi connectivity index (χ2v) is 9.09. The zero-order valence-electron chi connectivity index (χ0n) is 16.9. The second kappa shape index (κ2) is 8.82. The fourth-order valence-electron chi connectivity index (χ4n) is 3.04. The van der Waals surface area contributed by atoms with Crippen LogP contribution in [0.4, 0.5) is 0 Å². The lowest BCUT2D eigenvalue weighted by molar-refractivity contribution is -0.164. The van der Waals surface area contributed by atoms with Crippen molar-refractivity contribution in [3.8, 4) is 5.75 Å². The molecule has 1 aromatic carbocycles. The first-order valence-electron chi connectivity index (χ1n) is 9.77. The van der Waals surface area contributed by atoms with Gasteiger partial charge in [0.15, 0.2) is 6.10 Å². The van der Waals surface area contributed by atoms with Gasteiger partial charge in [-0.3, -0.25) is 0 Å². The van der Waals surface area contributed by atoms with Crippen molar-refractivity contribution in [1.82, 2.24) is 0 Å². The molecule has 2 aliphatic rings. The highest BCUT2D eigenvalue weighted by molar-refractivity contribution is 9.10. The molecule has 154 valence electrons. The highest BCUT2D eigenvalue weighted by Crippen LogP contribution is 2.36. The van der Waals surface area contributed by atoms with E-state index in [2.05, 4.69) is 21.1 Å². The van der Waals surface area contributed by atoms with Gasteiger partial charge in [0.1, 0.15) is 29.8 Å². The lowest BCUT2D eigenvalue weighted by Crippen LogP contribution is -2.36. The number of rotatable bonds is 8. The van der Waals surface area contributed by atoms with E-state index in [1.165, 1.54) is 0 Å². The molecule has 0 N–H and O–H groups in total. The molecule has 1 heterocycles. The zero-order valence-corrected chi connectivity index (χ0v) is 18.5. The third kappa shape index (κ3) is 5.70. The highest BCUT2D eigenvalue weighted by Gasteiger charge is 2.35. The fraction of sp³-hybridized carbons (Fsp3) is 0.619. The summed E-state index contributed by atoms with van der Waals surface area (Å²) in [5, 5.41) is 4.17. The molecule has 0 radical (unpaired) electrons. The van der Waals surface area contributed by atoms with Gasteiger partial charge in [0.2, 0.25) is 0 Å². The van der Waals surface area contributed by atoms with Crippen LogP contribution in [0.15, 0.2) is 27.8 Å². The molecule has 1 aromatic rings. The van der Waals surface area contributed by atoms with Gasteiger partial charge in [-0.2, -0.15) is 0 Å². The SMILES string of the molecule is CCOC1CON=C1c1cc(Br)ccc1OC(CC1CC1)C(=O)OC(C)(C)C. The minimum Gasteiger partial charge on any atom is -0.478 e. The van der Waals surface area contributed by atoms with E-state index in [1.54, 1.807) is 0 Å². The molecule has 6 nitrogen and oxygen atoms in total. The average molecular weight is 454 g/mol. The standard InChI is InChI=1S/C21H28BrNO5/c1-5-25-18-12-26-23-19(18)15-11-14(22)8-9-16(15)27-17(10-13-6-7-13)20(24)28-21(2,3)4/h8-9,11,13,17-18H,5-7,10,12H2,1-4H3. The van der Waals surface area contributed by atoms with Gasteiger partial charge in [0, 0.05) is 16.6 Å². The molecule has 1 aliphatic carbocycles. The van der Waals surface area contributed by atoms with Crippen molar-refractivity contribution in [2.24, 2.45) is 11.1 Å². The van der Waals surface area contributed by atoms with Crippen LogP contribution < -0.4 is 4.74 Å². The van der Waals surface area contributed by atoms with Gasteiger partial charge in [0.25, 0.3) is 0 Å². The van der Waals surface area contributed by atoms with Crippen molar-refractivity contribution in [3.05, 3.63) is 28.2 Å². The Balaban J connectivity index is 1.85. The van der Waals surface area contributed by atoms with Gasteiger partial charge in [-0.15, -0.1) is 0 Å². The number of carbonyl (C=O) groups excluding carboxylic acids is 1. The minimum absolute atomic E-state index is 0.259. The smallest absolute Gasteiger partial charge is 0.347 e. The first-order valence-corrected chi connectivity index (χ1v) is 10.6. The predicted octanol–water partition coefficient (Wildman–Crippen LogP) is 4.48. The Hall–Kier alpha value is -1.60. The van der Waals surface area contributed by atoms with Gasteiger partial charge in [-0.05, 0) is 58.2 Å². The van der Waals surface area contributed by atoms with Gasteiger partial charge < -0.3 is 19.0 Å². The Labute approximate surface area is 174 Å². The number of halogens is 1. The lowest BCUT2D eigenvalue weighted by Gasteiger charge is -2.25. The quantitative estimate of drug-likeness (QED) is 0.542. The molecule has 1 aliphatic heterocycles. The summed E-state index contributed by atoms with van der Waals surface area (Å²) >= 11 is 3.50. The maximum absolute atomic E-state index is 12.8.